The largest absolute Gasteiger partial charge is 0.491 e. The van der Waals surface area contributed by atoms with Gasteiger partial charge in [-0.1, -0.05) is 24.6 Å². The molecular weight excluding hydrogens is 373 g/mol. The predicted octanol–water partition coefficient (Wildman–Crippen LogP) is 2.64. The molecule has 2 heterocycles. The Kier molecular flexibility index (Phi) is 8.45. The number of morpholine rings is 1. The fourth-order valence-electron chi connectivity index (χ4n) is 3.55. The van der Waals surface area contributed by atoms with Crippen LogP contribution in [-0.4, -0.2) is 68.9 Å². The number of benzene rings is 1. The normalized spacial score (nSPS) is 24.4. The van der Waals surface area contributed by atoms with E-state index in [0.717, 1.165) is 64.8 Å². The molecule has 1 aromatic carbocycles. The van der Waals surface area contributed by atoms with Gasteiger partial charge in [0.25, 0.3) is 0 Å². The van der Waals surface area contributed by atoms with Gasteiger partial charge in [-0.15, -0.1) is 12.4 Å². The van der Waals surface area contributed by atoms with E-state index in [9.17, 15) is 0 Å². The van der Waals surface area contributed by atoms with Gasteiger partial charge >= 0.3 is 0 Å². The zero-order valence-corrected chi connectivity index (χ0v) is 17.2. The van der Waals surface area contributed by atoms with Gasteiger partial charge < -0.3 is 15.2 Å². The first kappa shape index (κ1) is 21.7. The third-order valence-electron chi connectivity index (χ3n) is 5.30. The van der Waals surface area contributed by atoms with Crippen LogP contribution in [0.2, 0.25) is 5.02 Å². The van der Waals surface area contributed by atoms with Gasteiger partial charge in [0, 0.05) is 32.7 Å². The van der Waals surface area contributed by atoms with Crippen LogP contribution in [0.4, 0.5) is 0 Å². The van der Waals surface area contributed by atoms with Crippen molar-refractivity contribution >= 4 is 24.0 Å². The van der Waals surface area contributed by atoms with Crippen LogP contribution in [0.1, 0.15) is 18.9 Å². The molecule has 5 nitrogen and oxygen atoms in total. The summed E-state index contributed by atoms with van der Waals surface area (Å²) in [5.74, 6) is 0.770. The topological polar surface area (TPSA) is 51.0 Å². The summed E-state index contributed by atoms with van der Waals surface area (Å²) >= 11 is 6.42. The highest BCUT2D eigenvalue weighted by Crippen LogP contribution is 2.31. The van der Waals surface area contributed by atoms with Crippen LogP contribution in [0.5, 0.6) is 5.75 Å². The van der Waals surface area contributed by atoms with Gasteiger partial charge in [-0.05, 0) is 42.6 Å². The quantitative estimate of drug-likeness (QED) is 0.757. The van der Waals surface area contributed by atoms with Crippen LogP contribution in [0.25, 0.3) is 0 Å². The maximum absolute atomic E-state index is 6.42. The summed E-state index contributed by atoms with van der Waals surface area (Å²) < 4.78 is 11.2. The highest BCUT2D eigenvalue weighted by atomic mass is 35.5. The summed E-state index contributed by atoms with van der Waals surface area (Å²) in [5.41, 5.74) is 7.38. The van der Waals surface area contributed by atoms with E-state index in [-0.39, 0.29) is 17.8 Å². The second kappa shape index (κ2) is 10.1. The van der Waals surface area contributed by atoms with E-state index < -0.39 is 0 Å². The molecule has 0 spiro atoms. The second-order valence-corrected chi connectivity index (χ2v) is 7.95. The first-order valence-electron chi connectivity index (χ1n) is 9.22. The van der Waals surface area contributed by atoms with E-state index in [2.05, 4.69) is 22.8 Å². The van der Waals surface area contributed by atoms with E-state index in [1.165, 1.54) is 12.0 Å². The van der Waals surface area contributed by atoms with Gasteiger partial charge in [-0.3, -0.25) is 9.80 Å². The zero-order valence-electron chi connectivity index (χ0n) is 15.6. The summed E-state index contributed by atoms with van der Waals surface area (Å²) in [6.07, 6.45) is 1.17. The van der Waals surface area contributed by atoms with E-state index in [1.807, 2.05) is 12.1 Å². The number of hydrogen-bond acceptors (Lipinski definition) is 5. The molecule has 0 amide bonds. The first-order chi connectivity index (χ1) is 12.1. The molecule has 2 aliphatic heterocycles. The Morgan fingerprint density at radius 3 is 2.65 bits per heavy atom. The van der Waals surface area contributed by atoms with Crippen LogP contribution in [0, 0.1) is 5.41 Å². The predicted molar refractivity (Wildman–Crippen MR) is 109 cm³/mol. The van der Waals surface area contributed by atoms with Crippen molar-refractivity contribution in [3.05, 3.63) is 28.8 Å². The van der Waals surface area contributed by atoms with Gasteiger partial charge in [-0.25, -0.2) is 0 Å². The average molecular weight is 404 g/mol. The Hall–Kier alpha value is -0.560. The SMILES string of the molecule is CC1(CN)CCN(Cc2ccc(OCCN3CCOCC3)c(Cl)c2)C1.Cl. The Balaban J connectivity index is 0.00000243. The van der Waals surface area contributed by atoms with Crippen LogP contribution < -0.4 is 10.5 Å². The highest BCUT2D eigenvalue weighted by molar-refractivity contribution is 6.32. The van der Waals surface area contributed by atoms with Crippen LogP contribution >= 0.6 is 24.0 Å². The lowest BCUT2D eigenvalue weighted by atomic mass is 9.90. The highest BCUT2D eigenvalue weighted by Gasteiger charge is 2.32. The average Bonchev–Trinajstić information content (AvgIpc) is 2.99. The molecule has 7 heteroatoms. The zero-order chi connectivity index (χ0) is 17.7. The van der Waals surface area contributed by atoms with Gasteiger partial charge in [0.05, 0.1) is 18.2 Å². The number of hydrogen-bond donors (Lipinski definition) is 1. The minimum absolute atomic E-state index is 0. The molecule has 0 aromatic heterocycles. The van der Waals surface area contributed by atoms with Crippen molar-refractivity contribution in [2.24, 2.45) is 11.1 Å². The lowest BCUT2D eigenvalue weighted by molar-refractivity contribution is 0.0322. The van der Waals surface area contributed by atoms with E-state index >= 15 is 0 Å². The number of likely N-dealkylation sites (tertiary alicyclic amines) is 1. The van der Waals surface area contributed by atoms with Crippen molar-refractivity contribution < 1.29 is 9.47 Å². The number of halogens is 2. The van der Waals surface area contributed by atoms with Gasteiger partial charge in [0.2, 0.25) is 0 Å². The number of nitrogens with zero attached hydrogens (tertiary/aromatic N) is 2. The molecule has 2 aliphatic rings. The molecule has 0 saturated carbocycles. The third kappa shape index (κ3) is 5.98. The van der Waals surface area contributed by atoms with Crippen LogP contribution in [0.3, 0.4) is 0 Å². The maximum Gasteiger partial charge on any atom is 0.137 e. The van der Waals surface area contributed by atoms with E-state index in [1.54, 1.807) is 0 Å². The van der Waals surface area contributed by atoms with Crippen molar-refractivity contribution in [2.45, 2.75) is 19.9 Å². The molecule has 2 N–H and O–H groups in total. The molecule has 3 rings (SSSR count). The molecular formula is C19H31Cl2N3O2. The molecule has 2 saturated heterocycles. The Morgan fingerprint density at radius 1 is 1.23 bits per heavy atom. The molecule has 0 radical (unpaired) electrons. The van der Waals surface area contributed by atoms with Gasteiger partial charge in [0.15, 0.2) is 0 Å². The lowest BCUT2D eigenvalue weighted by Gasteiger charge is -2.26. The number of nitrogens with two attached hydrogens (primary N) is 1. The molecule has 2 fully saturated rings. The molecule has 148 valence electrons. The van der Waals surface area contributed by atoms with Crippen LogP contribution in [-0.2, 0) is 11.3 Å². The minimum Gasteiger partial charge on any atom is -0.491 e. The maximum atomic E-state index is 6.42. The summed E-state index contributed by atoms with van der Waals surface area (Å²) in [6, 6.07) is 6.15. The summed E-state index contributed by atoms with van der Waals surface area (Å²) in [5, 5.41) is 0.695. The molecule has 26 heavy (non-hydrogen) atoms. The first-order valence-corrected chi connectivity index (χ1v) is 9.59. The number of ether oxygens (including phenoxy) is 2. The smallest absolute Gasteiger partial charge is 0.137 e. The van der Waals surface area contributed by atoms with Crippen molar-refractivity contribution in [2.75, 3.05) is 59.1 Å². The standard InChI is InChI=1S/C19H30ClN3O2.ClH/c1-19(14-21)4-5-23(15-19)13-16-2-3-18(17(20)12-16)25-11-8-22-6-9-24-10-7-22;/h2-3,12H,4-11,13-15,21H2,1H3;1H. The van der Waals surface area contributed by atoms with Crippen LogP contribution in [0.15, 0.2) is 18.2 Å². The Morgan fingerprint density at radius 2 is 2.00 bits per heavy atom. The molecule has 1 unspecified atom stereocenters. The van der Waals surface area contributed by atoms with E-state index in [4.69, 9.17) is 26.8 Å². The van der Waals surface area contributed by atoms with E-state index in [0.29, 0.717) is 11.6 Å². The van der Waals surface area contributed by atoms with Crippen molar-refractivity contribution in [1.82, 2.24) is 9.80 Å². The molecule has 0 bridgehead atoms. The molecule has 1 atom stereocenters. The summed E-state index contributed by atoms with van der Waals surface area (Å²) in [7, 11) is 0. The third-order valence-corrected chi connectivity index (χ3v) is 5.60. The minimum atomic E-state index is 0. The van der Waals surface area contributed by atoms with Gasteiger partial charge in [0.1, 0.15) is 12.4 Å². The van der Waals surface area contributed by atoms with Crippen molar-refractivity contribution in [1.29, 1.82) is 0 Å². The fraction of sp³-hybridized carbons (Fsp3) is 0.684. The van der Waals surface area contributed by atoms with Crippen molar-refractivity contribution in [3.8, 4) is 5.75 Å². The second-order valence-electron chi connectivity index (χ2n) is 7.54. The summed E-state index contributed by atoms with van der Waals surface area (Å²) in [6.45, 7) is 11.2. The Labute approximate surface area is 168 Å². The fourth-order valence-corrected chi connectivity index (χ4v) is 3.81. The number of rotatable bonds is 7. The molecule has 1 aromatic rings. The monoisotopic (exact) mass is 403 g/mol. The molecule has 0 aliphatic carbocycles. The summed E-state index contributed by atoms with van der Waals surface area (Å²) in [4.78, 5) is 4.81. The van der Waals surface area contributed by atoms with Crippen molar-refractivity contribution in [3.63, 3.8) is 0 Å². The Bertz CT molecular complexity index is 570. The lowest BCUT2D eigenvalue weighted by Crippen LogP contribution is -2.38. The van der Waals surface area contributed by atoms with Gasteiger partial charge in [-0.2, -0.15) is 0 Å².